The molecule has 1 heterocycles. The molecule has 0 radical (unpaired) electrons. The molecule has 3 nitrogen and oxygen atoms in total. The zero-order chi connectivity index (χ0) is 7.61. The van der Waals surface area contributed by atoms with Crippen molar-refractivity contribution < 1.29 is 14.3 Å². The predicted octanol–water partition coefficient (Wildman–Crippen LogP) is 0.727. The van der Waals surface area contributed by atoms with E-state index in [1.165, 1.54) is 0 Å². The molecule has 10 heavy (non-hydrogen) atoms. The molecule has 0 N–H and O–H groups in total. The lowest BCUT2D eigenvalue weighted by molar-refractivity contribution is -0.264. The second-order valence-electron chi connectivity index (χ2n) is 2.83. The van der Waals surface area contributed by atoms with Crippen molar-refractivity contribution in [3.8, 4) is 0 Å². The summed E-state index contributed by atoms with van der Waals surface area (Å²) in [5.74, 6) is -0.580. The molecular weight excluding hydrogens is 132 g/mol. The van der Waals surface area contributed by atoms with E-state index < -0.39 is 5.79 Å². The fraction of sp³-hybridized carbons (Fsp3) is 0.857. The summed E-state index contributed by atoms with van der Waals surface area (Å²) in [6.45, 7) is 4.22. The lowest BCUT2D eigenvalue weighted by atomic mass is 10.2. The van der Waals surface area contributed by atoms with Crippen molar-refractivity contribution in [2.24, 2.45) is 0 Å². The standard InChI is InChI=1S/C7H12O3/c1-7(2)9-4-3-6(5-8)10-7/h5-6H,3-4H2,1-2H3/t6-/m0/s1. The summed E-state index contributed by atoms with van der Waals surface area (Å²) in [5.41, 5.74) is 0. The highest BCUT2D eigenvalue weighted by atomic mass is 16.7. The molecule has 1 aliphatic heterocycles. The van der Waals surface area contributed by atoms with Gasteiger partial charge in [-0.1, -0.05) is 0 Å². The van der Waals surface area contributed by atoms with Crippen molar-refractivity contribution in [1.29, 1.82) is 0 Å². The monoisotopic (exact) mass is 144 g/mol. The van der Waals surface area contributed by atoms with E-state index in [9.17, 15) is 4.79 Å². The maximum Gasteiger partial charge on any atom is 0.163 e. The third-order valence-corrected chi connectivity index (χ3v) is 1.44. The van der Waals surface area contributed by atoms with Crippen LogP contribution in [0, 0.1) is 0 Å². The van der Waals surface area contributed by atoms with Crippen LogP contribution in [0.3, 0.4) is 0 Å². The summed E-state index contributed by atoms with van der Waals surface area (Å²) in [5, 5.41) is 0. The van der Waals surface area contributed by atoms with Gasteiger partial charge in [-0.15, -0.1) is 0 Å². The molecule has 0 amide bonds. The van der Waals surface area contributed by atoms with Crippen molar-refractivity contribution in [3.05, 3.63) is 0 Å². The zero-order valence-electron chi connectivity index (χ0n) is 6.29. The summed E-state index contributed by atoms with van der Waals surface area (Å²) in [6.07, 6.45) is 1.22. The van der Waals surface area contributed by atoms with Gasteiger partial charge in [-0.2, -0.15) is 0 Å². The maximum atomic E-state index is 10.3. The van der Waals surface area contributed by atoms with Crippen LogP contribution in [-0.2, 0) is 14.3 Å². The van der Waals surface area contributed by atoms with Gasteiger partial charge in [-0.3, -0.25) is 0 Å². The Balaban J connectivity index is 2.47. The Labute approximate surface area is 60.3 Å². The zero-order valence-corrected chi connectivity index (χ0v) is 6.29. The van der Waals surface area contributed by atoms with Crippen LogP contribution in [0.4, 0.5) is 0 Å². The Bertz CT molecular complexity index is 131. The summed E-state index contributed by atoms with van der Waals surface area (Å²) in [7, 11) is 0. The Hall–Kier alpha value is -0.410. The topological polar surface area (TPSA) is 35.5 Å². The van der Waals surface area contributed by atoms with Crippen molar-refractivity contribution >= 4 is 6.29 Å². The van der Waals surface area contributed by atoms with Crippen molar-refractivity contribution in [1.82, 2.24) is 0 Å². The van der Waals surface area contributed by atoms with Crippen LogP contribution in [0.15, 0.2) is 0 Å². The quantitative estimate of drug-likeness (QED) is 0.509. The first kappa shape index (κ1) is 7.69. The number of carbonyl (C=O) groups excluding carboxylic acids is 1. The lowest BCUT2D eigenvalue weighted by Gasteiger charge is -2.33. The SMILES string of the molecule is CC1(C)OCC[C@@H](C=O)O1. The van der Waals surface area contributed by atoms with Gasteiger partial charge in [0.2, 0.25) is 0 Å². The number of carbonyl (C=O) groups is 1. The average molecular weight is 144 g/mol. The van der Waals surface area contributed by atoms with Crippen LogP contribution in [0.1, 0.15) is 20.3 Å². The average Bonchev–Trinajstić information content (AvgIpc) is 1.86. The number of hydrogen-bond acceptors (Lipinski definition) is 3. The van der Waals surface area contributed by atoms with E-state index in [1.54, 1.807) is 0 Å². The minimum absolute atomic E-state index is 0.274. The van der Waals surface area contributed by atoms with Gasteiger partial charge < -0.3 is 14.3 Å². The van der Waals surface area contributed by atoms with Crippen LogP contribution in [-0.4, -0.2) is 24.8 Å². The third kappa shape index (κ3) is 1.78. The molecule has 0 spiro atoms. The fourth-order valence-electron chi connectivity index (χ4n) is 0.974. The molecule has 0 aliphatic carbocycles. The molecule has 0 bridgehead atoms. The van der Waals surface area contributed by atoms with E-state index >= 15 is 0 Å². The molecule has 1 aliphatic rings. The third-order valence-electron chi connectivity index (χ3n) is 1.44. The molecular formula is C7H12O3. The Kier molecular flexibility index (Phi) is 2.06. The highest BCUT2D eigenvalue weighted by Gasteiger charge is 2.28. The summed E-state index contributed by atoms with van der Waals surface area (Å²) >= 11 is 0. The molecule has 0 saturated carbocycles. The first-order chi connectivity index (χ1) is 4.64. The van der Waals surface area contributed by atoms with Crippen LogP contribution in [0.2, 0.25) is 0 Å². The van der Waals surface area contributed by atoms with Gasteiger partial charge in [-0.05, 0) is 13.8 Å². The fourth-order valence-corrected chi connectivity index (χ4v) is 0.974. The van der Waals surface area contributed by atoms with Gasteiger partial charge in [-0.25, -0.2) is 0 Å². The van der Waals surface area contributed by atoms with E-state index in [0.717, 1.165) is 6.29 Å². The minimum Gasteiger partial charge on any atom is -0.350 e. The van der Waals surface area contributed by atoms with Gasteiger partial charge in [0.15, 0.2) is 5.79 Å². The smallest absolute Gasteiger partial charge is 0.163 e. The van der Waals surface area contributed by atoms with Gasteiger partial charge in [0.1, 0.15) is 12.4 Å². The molecule has 0 aromatic heterocycles. The van der Waals surface area contributed by atoms with E-state index in [1.807, 2.05) is 13.8 Å². The van der Waals surface area contributed by atoms with E-state index in [0.29, 0.717) is 13.0 Å². The lowest BCUT2D eigenvalue weighted by Crippen LogP contribution is -2.40. The molecule has 0 aromatic rings. The number of hydrogen-bond donors (Lipinski definition) is 0. The van der Waals surface area contributed by atoms with Crippen molar-refractivity contribution in [2.45, 2.75) is 32.2 Å². The molecule has 1 atom stereocenters. The van der Waals surface area contributed by atoms with Gasteiger partial charge in [0, 0.05) is 6.42 Å². The maximum absolute atomic E-state index is 10.3. The Morgan fingerprint density at radius 2 is 2.30 bits per heavy atom. The molecule has 58 valence electrons. The van der Waals surface area contributed by atoms with Crippen LogP contribution < -0.4 is 0 Å². The minimum atomic E-state index is -0.580. The summed E-state index contributed by atoms with van der Waals surface area (Å²) in [6, 6.07) is 0. The number of ether oxygens (including phenoxy) is 2. The first-order valence-corrected chi connectivity index (χ1v) is 3.41. The Morgan fingerprint density at radius 1 is 1.60 bits per heavy atom. The van der Waals surface area contributed by atoms with Gasteiger partial charge in [0.05, 0.1) is 6.61 Å². The van der Waals surface area contributed by atoms with E-state index in [2.05, 4.69) is 0 Å². The van der Waals surface area contributed by atoms with Crippen molar-refractivity contribution in [3.63, 3.8) is 0 Å². The highest BCUT2D eigenvalue weighted by Crippen LogP contribution is 2.20. The van der Waals surface area contributed by atoms with Gasteiger partial charge >= 0.3 is 0 Å². The summed E-state index contributed by atoms with van der Waals surface area (Å²) < 4.78 is 10.4. The second-order valence-corrected chi connectivity index (χ2v) is 2.83. The van der Waals surface area contributed by atoms with E-state index in [-0.39, 0.29) is 6.10 Å². The van der Waals surface area contributed by atoms with Gasteiger partial charge in [0.25, 0.3) is 0 Å². The van der Waals surface area contributed by atoms with Crippen molar-refractivity contribution in [2.75, 3.05) is 6.61 Å². The molecule has 1 rings (SSSR count). The molecule has 1 fully saturated rings. The summed E-state index contributed by atoms with van der Waals surface area (Å²) in [4.78, 5) is 10.3. The second kappa shape index (κ2) is 2.68. The normalized spacial score (nSPS) is 31.6. The molecule has 0 aromatic carbocycles. The molecule has 3 heteroatoms. The predicted molar refractivity (Wildman–Crippen MR) is 35.6 cm³/mol. The Morgan fingerprint density at radius 3 is 2.70 bits per heavy atom. The molecule has 1 saturated heterocycles. The van der Waals surface area contributed by atoms with Crippen LogP contribution in [0.25, 0.3) is 0 Å². The number of aldehydes is 1. The van der Waals surface area contributed by atoms with E-state index in [4.69, 9.17) is 9.47 Å². The number of rotatable bonds is 1. The first-order valence-electron chi connectivity index (χ1n) is 3.41. The largest absolute Gasteiger partial charge is 0.350 e. The van der Waals surface area contributed by atoms with Crippen LogP contribution >= 0.6 is 0 Å². The highest BCUT2D eigenvalue weighted by molar-refractivity contribution is 5.56. The van der Waals surface area contributed by atoms with Crippen LogP contribution in [0.5, 0.6) is 0 Å². The molecule has 0 unspecified atom stereocenters.